The number of aryl methyl sites for hydroxylation is 1. The topological polar surface area (TPSA) is 17.1 Å². The quantitative estimate of drug-likeness (QED) is 0.541. The van der Waals surface area contributed by atoms with E-state index in [-0.39, 0.29) is 10.5 Å². The second-order valence-electron chi connectivity index (χ2n) is 4.37. The number of rotatable bonds is 7. The Morgan fingerprint density at radius 2 is 2.25 bits per heavy atom. The molecular weight excluding hydrogens is 256 g/mol. The van der Waals surface area contributed by atoms with Crippen LogP contribution in [-0.2, 0) is 11.2 Å². The fourth-order valence-corrected chi connectivity index (χ4v) is 4.87. The number of hydrogen-bond donors (Lipinski definition) is 0. The number of ketones is 1. The van der Waals surface area contributed by atoms with Crippen molar-refractivity contribution >= 4 is 38.7 Å². The highest BCUT2D eigenvalue weighted by molar-refractivity contribution is 8.77. The molecule has 0 atom stereocenters. The molecule has 0 saturated carbocycles. The molecule has 16 heavy (non-hydrogen) atoms. The molecule has 0 N–H and O–H groups in total. The Kier molecular flexibility index (Phi) is 5.94. The Hall–Kier alpha value is 0.0700. The first-order valence-corrected chi connectivity index (χ1v) is 8.52. The van der Waals surface area contributed by atoms with Crippen LogP contribution in [0.3, 0.4) is 0 Å². The molecule has 0 aliphatic heterocycles. The molecule has 0 fully saturated rings. The summed E-state index contributed by atoms with van der Waals surface area (Å²) in [5, 5.41) is 2.12. The standard InChI is InChI=1S/C12H18OS3/c1-10(13)9-12(2,3)16-15-8-6-11-5-4-7-14-11/h4-5,7H,6,8-9H2,1-3H3. The number of hydrogen-bond acceptors (Lipinski definition) is 4. The predicted octanol–water partition coefficient (Wildman–Crippen LogP) is 4.43. The maximum absolute atomic E-state index is 11.1. The van der Waals surface area contributed by atoms with E-state index < -0.39 is 0 Å². The van der Waals surface area contributed by atoms with E-state index in [0.717, 1.165) is 12.2 Å². The number of Topliss-reactive ketones (excluding diaryl/α,β-unsaturated/α-hetero) is 1. The molecule has 4 heteroatoms. The van der Waals surface area contributed by atoms with Crippen LogP contribution in [0.4, 0.5) is 0 Å². The zero-order valence-corrected chi connectivity index (χ0v) is 12.4. The van der Waals surface area contributed by atoms with Crippen molar-refractivity contribution < 1.29 is 4.79 Å². The molecule has 0 radical (unpaired) electrons. The van der Waals surface area contributed by atoms with Gasteiger partial charge in [-0.15, -0.1) is 11.3 Å². The van der Waals surface area contributed by atoms with Gasteiger partial charge in [-0.1, -0.05) is 27.7 Å². The maximum atomic E-state index is 11.1. The molecule has 0 spiro atoms. The lowest BCUT2D eigenvalue weighted by Crippen LogP contribution is -2.17. The number of thiophene rings is 1. The Labute approximate surface area is 110 Å². The normalized spacial score (nSPS) is 11.7. The molecule has 1 rings (SSSR count). The van der Waals surface area contributed by atoms with Gasteiger partial charge >= 0.3 is 0 Å². The zero-order chi connectivity index (χ0) is 12.0. The summed E-state index contributed by atoms with van der Waals surface area (Å²) >= 11 is 1.81. The van der Waals surface area contributed by atoms with Gasteiger partial charge < -0.3 is 0 Å². The SMILES string of the molecule is CC(=O)CC(C)(C)SSCCc1cccs1. The summed E-state index contributed by atoms with van der Waals surface area (Å²) in [7, 11) is 3.70. The monoisotopic (exact) mass is 274 g/mol. The van der Waals surface area contributed by atoms with Gasteiger partial charge in [-0.05, 0) is 38.6 Å². The third-order valence-electron chi connectivity index (χ3n) is 1.97. The van der Waals surface area contributed by atoms with Crippen molar-refractivity contribution in [2.75, 3.05) is 5.75 Å². The van der Waals surface area contributed by atoms with Gasteiger partial charge in [0.2, 0.25) is 0 Å². The Morgan fingerprint density at radius 3 is 2.81 bits per heavy atom. The molecule has 90 valence electrons. The van der Waals surface area contributed by atoms with E-state index in [1.54, 1.807) is 6.92 Å². The minimum Gasteiger partial charge on any atom is -0.300 e. The Bertz CT molecular complexity index is 317. The van der Waals surface area contributed by atoms with E-state index in [1.165, 1.54) is 4.88 Å². The van der Waals surface area contributed by atoms with Crippen LogP contribution in [-0.4, -0.2) is 16.3 Å². The van der Waals surface area contributed by atoms with Crippen molar-refractivity contribution in [3.8, 4) is 0 Å². The second kappa shape index (κ2) is 6.72. The summed E-state index contributed by atoms with van der Waals surface area (Å²) in [6.07, 6.45) is 1.79. The molecule has 1 heterocycles. The molecule has 0 unspecified atom stereocenters. The van der Waals surface area contributed by atoms with Crippen molar-refractivity contribution in [2.24, 2.45) is 0 Å². The van der Waals surface area contributed by atoms with Crippen LogP contribution in [0, 0.1) is 0 Å². The lowest BCUT2D eigenvalue weighted by atomic mass is 10.1. The van der Waals surface area contributed by atoms with Gasteiger partial charge in [0, 0.05) is 21.8 Å². The van der Waals surface area contributed by atoms with Crippen molar-refractivity contribution in [1.82, 2.24) is 0 Å². The highest BCUT2D eigenvalue weighted by atomic mass is 33.1. The fourth-order valence-electron chi connectivity index (χ4n) is 1.43. The van der Waals surface area contributed by atoms with Gasteiger partial charge in [-0.3, -0.25) is 4.79 Å². The van der Waals surface area contributed by atoms with Crippen LogP contribution in [0.5, 0.6) is 0 Å². The lowest BCUT2D eigenvalue weighted by molar-refractivity contribution is -0.117. The smallest absolute Gasteiger partial charge is 0.131 e. The summed E-state index contributed by atoms with van der Waals surface area (Å²) in [5.74, 6) is 1.39. The third-order valence-corrected chi connectivity index (χ3v) is 6.20. The molecule has 0 aromatic carbocycles. The van der Waals surface area contributed by atoms with E-state index >= 15 is 0 Å². The van der Waals surface area contributed by atoms with Crippen molar-refractivity contribution in [2.45, 2.75) is 38.4 Å². The van der Waals surface area contributed by atoms with E-state index in [4.69, 9.17) is 0 Å². The average molecular weight is 274 g/mol. The van der Waals surface area contributed by atoms with Gasteiger partial charge in [-0.25, -0.2) is 0 Å². The average Bonchev–Trinajstić information content (AvgIpc) is 2.62. The van der Waals surface area contributed by atoms with Gasteiger partial charge in [0.15, 0.2) is 0 Å². The fraction of sp³-hybridized carbons (Fsp3) is 0.583. The number of carbonyl (C=O) groups is 1. The summed E-state index contributed by atoms with van der Waals surface area (Å²) in [6, 6.07) is 4.27. The van der Waals surface area contributed by atoms with E-state index in [1.807, 2.05) is 32.9 Å². The molecule has 0 saturated heterocycles. The molecule has 0 bridgehead atoms. The highest BCUT2D eigenvalue weighted by Crippen LogP contribution is 2.38. The minimum absolute atomic E-state index is 0.0615. The Morgan fingerprint density at radius 1 is 1.50 bits per heavy atom. The zero-order valence-electron chi connectivity index (χ0n) is 9.99. The van der Waals surface area contributed by atoms with E-state index in [9.17, 15) is 4.79 Å². The van der Waals surface area contributed by atoms with Crippen molar-refractivity contribution in [3.05, 3.63) is 22.4 Å². The summed E-state index contributed by atoms with van der Waals surface area (Å²) < 4.78 is 0.0615. The van der Waals surface area contributed by atoms with Crippen LogP contribution in [0.25, 0.3) is 0 Å². The van der Waals surface area contributed by atoms with Crippen LogP contribution >= 0.6 is 32.9 Å². The molecule has 1 aromatic rings. The van der Waals surface area contributed by atoms with Crippen molar-refractivity contribution in [3.63, 3.8) is 0 Å². The molecule has 0 aliphatic rings. The van der Waals surface area contributed by atoms with Crippen LogP contribution in [0.15, 0.2) is 17.5 Å². The molecule has 1 nitrogen and oxygen atoms in total. The van der Waals surface area contributed by atoms with Gasteiger partial charge in [0.05, 0.1) is 0 Å². The van der Waals surface area contributed by atoms with Gasteiger partial charge in [0.25, 0.3) is 0 Å². The number of carbonyl (C=O) groups excluding carboxylic acids is 1. The van der Waals surface area contributed by atoms with Crippen LogP contribution < -0.4 is 0 Å². The van der Waals surface area contributed by atoms with E-state index in [0.29, 0.717) is 6.42 Å². The second-order valence-corrected chi connectivity index (χ2v) is 8.53. The summed E-state index contributed by atoms with van der Waals surface area (Å²) in [4.78, 5) is 12.5. The first kappa shape index (κ1) is 14.1. The molecule has 0 aliphatic carbocycles. The largest absolute Gasteiger partial charge is 0.300 e. The van der Waals surface area contributed by atoms with Gasteiger partial charge in [-0.2, -0.15) is 0 Å². The summed E-state index contributed by atoms with van der Waals surface area (Å²) in [5.41, 5.74) is 0. The predicted molar refractivity (Wildman–Crippen MR) is 77.4 cm³/mol. The third kappa shape index (κ3) is 5.97. The first-order chi connectivity index (χ1) is 7.49. The van der Waals surface area contributed by atoms with Crippen LogP contribution in [0.2, 0.25) is 0 Å². The van der Waals surface area contributed by atoms with Crippen molar-refractivity contribution in [1.29, 1.82) is 0 Å². The Balaban J connectivity index is 2.17. The molecular formula is C12H18OS3. The first-order valence-electron chi connectivity index (χ1n) is 5.32. The molecule has 1 aromatic heterocycles. The summed E-state index contributed by atoms with van der Waals surface area (Å²) in [6.45, 7) is 5.94. The van der Waals surface area contributed by atoms with Gasteiger partial charge in [0.1, 0.15) is 5.78 Å². The lowest BCUT2D eigenvalue weighted by Gasteiger charge is -2.21. The highest BCUT2D eigenvalue weighted by Gasteiger charge is 2.20. The minimum atomic E-state index is 0.0615. The van der Waals surface area contributed by atoms with E-state index in [2.05, 4.69) is 31.4 Å². The maximum Gasteiger partial charge on any atom is 0.131 e. The van der Waals surface area contributed by atoms with Crippen LogP contribution in [0.1, 0.15) is 32.1 Å². The molecule has 0 amide bonds.